The Hall–Kier alpha value is -1.99. The van der Waals surface area contributed by atoms with Gasteiger partial charge in [-0.1, -0.05) is 5.21 Å². The van der Waals surface area contributed by atoms with Crippen LogP contribution in [-0.2, 0) is 6.18 Å². The second kappa shape index (κ2) is 3.79. The van der Waals surface area contributed by atoms with Gasteiger partial charge in [0.05, 0.1) is 6.20 Å². The van der Waals surface area contributed by atoms with Gasteiger partial charge >= 0.3 is 6.18 Å². The Bertz CT molecular complexity index is 546. The molecule has 2 rings (SSSR count). The molecule has 0 atom stereocenters. The van der Waals surface area contributed by atoms with E-state index in [1.54, 1.807) is 0 Å². The van der Waals surface area contributed by atoms with E-state index in [0.29, 0.717) is 16.9 Å². The molecule has 0 spiro atoms. The second-order valence-corrected chi connectivity index (χ2v) is 3.14. The maximum absolute atomic E-state index is 13.2. The fraction of sp³-hybridized carbons (Fsp3) is 0.111. The van der Waals surface area contributed by atoms with Gasteiger partial charge in [-0.25, -0.2) is 13.5 Å². The zero-order valence-electron chi connectivity index (χ0n) is 8.04. The van der Waals surface area contributed by atoms with Crippen molar-refractivity contribution in [2.24, 2.45) is 0 Å². The Morgan fingerprint density at radius 3 is 2.35 bits per heavy atom. The lowest BCUT2D eigenvalue weighted by Crippen LogP contribution is -2.05. The predicted molar refractivity (Wildman–Crippen MR) is 46.3 cm³/mol. The molecule has 3 nitrogen and oxygen atoms in total. The third-order valence-corrected chi connectivity index (χ3v) is 1.94. The molecule has 8 heteroatoms. The van der Waals surface area contributed by atoms with Gasteiger partial charge in [-0.05, 0) is 12.1 Å². The molecule has 17 heavy (non-hydrogen) atoms. The summed E-state index contributed by atoms with van der Waals surface area (Å²) in [4.78, 5) is 0. The number of rotatable bonds is 1. The summed E-state index contributed by atoms with van der Waals surface area (Å²) in [7, 11) is 0. The minimum atomic E-state index is -4.66. The number of alkyl halides is 3. The van der Waals surface area contributed by atoms with Gasteiger partial charge < -0.3 is 0 Å². The Morgan fingerprint density at radius 1 is 1.12 bits per heavy atom. The zero-order chi connectivity index (χ0) is 12.6. The average Bonchev–Trinajstić information content (AvgIpc) is 2.65. The minimum absolute atomic E-state index is 0.311. The quantitative estimate of drug-likeness (QED) is 0.727. The van der Waals surface area contributed by atoms with Gasteiger partial charge in [-0.3, -0.25) is 0 Å². The van der Waals surface area contributed by atoms with E-state index < -0.39 is 23.5 Å². The molecule has 0 unspecified atom stereocenters. The average molecular weight is 249 g/mol. The predicted octanol–water partition coefficient (Wildman–Crippen LogP) is 2.56. The first kappa shape index (κ1) is 11.5. The molecule has 0 aliphatic carbocycles. The van der Waals surface area contributed by atoms with Crippen molar-refractivity contribution in [2.75, 3.05) is 0 Å². The molecule has 1 aromatic carbocycles. The number of benzene rings is 1. The first-order valence-electron chi connectivity index (χ1n) is 4.33. The monoisotopic (exact) mass is 249 g/mol. The highest BCUT2D eigenvalue weighted by molar-refractivity contribution is 5.32. The molecule has 0 bridgehead atoms. The van der Waals surface area contributed by atoms with Gasteiger partial charge in [0, 0.05) is 6.07 Å². The lowest BCUT2D eigenvalue weighted by atomic mass is 10.3. The second-order valence-electron chi connectivity index (χ2n) is 3.14. The van der Waals surface area contributed by atoms with Crippen molar-refractivity contribution in [2.45, 2.75) is 6.18 Å². The standard InChI is InChI=1S/C9H4F5N3/c10-5-1-2-7(6(11)3-5)17-4-8(15-16-17)9(12,13)14/h1-4H. The molecule has 1 heterocycles. The highest BCUT2D eigenvalue weighted by atomic mass is 19.4. The fourth-order valence-electron chi connectivity index (χ4n) is 1.18. The van der Waals surface area contributed by atoms with Gasteiger partial charge in [0.1, 0.15) is 11.5 Å². The number of nitrogens with zero attached hydrogens (tertiary/aromatic N) is 3. The van der Waals surface area contributed by atoms with Crippen LogP contribution in [0.3, 0.4) is 0 Å². The van der Waals surface area contributed by atoms with Crippen molar-refractivity contribution in [1.29, 1.82) is 0 Å². The summed E-state index contributed by atoms with van der Waals surface area (Å²) in [6.45, 7) is 0. The highest BCUT2D eigenvalue weighted by Gasteiger charge is 2.34. The lowest BCUT2D eigenvalue weighted by Gasteiger charge is -2.02. The normalized spacial score (nSPS) is 11.8. The third-order valence-electron chi connectivity index (χ3n) is 1.94. The summed E-state index contributed by atoms with van der Waals surface area (Å²) in [6.07, 6.45) is -4.13. The van der Waals surface area contributed by atoms with E-state index in [-0.39, 0.29) is 5.69 Å². The summed E-state index contributed by atoms with van der Waals surface area (Å²) < 4.78 is 63.1. The molecule has 2 aromatic rings. The fourth-order valence-corrected chi connectivity index (χ4v) is 1.18. The molecule has 0 radical (unpaired) electrons. The highest BCUT2D eigenvalue weighted by Crippen LogP contribution is 2.27. The van der Waals surface area contributed by atoms with Crippen LogP contribution in [0.25, 0.3) is 5.69 Å². The molecule has 0 fully saturated rings. The molecular weight excluding hydrogens is 245 g/mol. The van der Waals surface area contributed by atoms with Crippen LogP contribution in [0, 0.1) is 11.6 Å². The topological polar surface area (TPSA) is 30.7 Å². The molecule has 0 saturated heterocycles. The minimum Gasteiger partial charge on any atom is -0.217 e. The van der Waals surface area contributed by atoms with Crippen LogP contribution < -0.4 is 0 Å². The largest absolute Gasteiger partial charge is 0.436 e. The summed E-state index contributed by atoms with van der Waals surface area (Å²) in [5.41, 5.74) is -1.56. The van der Waals surface area contributed by atoms with Gasteiger partial charge in [0.25, 0.3) is 0 Å². The lowest BCUT2D eigenvalue weighted by molar-refractivity contribution is -0.141. The van der Waals surface area contributed by atoms with Crippen LogP contribution in [0.15, 0.2) is 24.4 Å². The molecular formula is C9H4F5N3. The van der Waals surface area contributed by atoms with Crippen LogP contribution in [0.1, 0.15) is 5.69 Å². The SMILES string of the molecule is Fc1ccc(-n2cc(C(F)(F)F)nn2)c(F)c1. The van der Waals surface area contributed by atoms with Gasteiger partial charge in [0.2, 0.25) is 0 Å². The van der Waals surface area contributed by atoms with Crippen LogP contribution in [-0.4, -0.2) is 15.0 Å². The summed E-state index contributed by atoms with van der Waals surface area (Å²) in [5.74, 6) is -1.86. The Balaban J connectivity index is 2.44. The van der Waals surface area contributed by atoms with Crippen molar-refractivity contribution in [1.82, 2.24) is 15.0 Å². The van der Waals surface area contributed by atoms with Crippen molar-refractivity contribution in [3.05, 3.63) is 41.7 Å². The van der Waals surface area contributed by atoms with E-state index >= 15 is 0 Å². The first-order chi connectivity index (χ1) is 7.88. The van der Waals surface area contributed by atoms with E-state index in [9.17, 15) is 22.0 Å². The molecule has 1 aromatic heterocycles. The van der Waals surface area contributed by atoms with Gasteiger partial charge in [0.15, 0.2) is 11.5 Å². The number of hydrogen-bond acceptors (Lipinski definition) is 2. The van der Waals surface area contributed by atoms with Crippen LogP contribution >= 0.6 is 0 Å². The van der Waals surface area contributed by atoms with E-state index in [1.807, 2.05) is 0 Å². The maximum atomic E-state index is 13.2. The Kier molecular flexibility index (Phi) is 2.56. The van der Waals surface area contributed by atoms with Crippen molar-refractivity contribution in [3.63, 3.8) is 0 Å². The van der Waals surface area contributed by atoms with Crippen LogP contribution in [0.2, 0.25) is 0 Å². The molecule has 0 aliphatic heterocycles. The third kappa shape index (κ3) is 2.24. The number of hydrogen-bond donors (Lipinski definition) is 0. The van der Waals surface area contributed by atoms with E-state index in [0.717, 1.165) is 12.1 Å². The number of aromatic nitrogens is 3. The maximum Gasteiger partial charge on any atom is 0.436 e. The van der Waals surface area contributed by atoms with Crippen molar-refractivity contribution >= 4 is 0 Å². The Labute approximate surface area is 91.5 Å². The van der Waals surface area contributed by atoms with E-state index in [4.69, 9.17) is 0 Å². The van der Waals surface area contributed by atoms with Crippen molar-refractivity contribution < 1.29 is 22.0 Å². The Morgan fingerprint density at radius 2 is 1.82 bits per heavy atom. The molecule has 0 aliphatic rings. The summed E-state index contributed by atoms with van der Waals surface area (Å²) in [6, 6.07) is 2.43. The zero-order valence-corrected chi connectivity index (χ0v) is 8.04. The first-order valence-corrected chi connectivity index (χ1v) is 4.33. The van der Waals surface area contributed by atoms with E-state index in [1.165, 1.54) is 0 Å². The van der Waals surface area contributed by atoms with Crippen LogP contribution in [0.4, 0.5) is 22.0 Å². The van der Waals surface area contributed by atoms with Crippen LogP contribution in [0.5, 0.6) is 0 Å². The summed E-state index contributed by atoms with van der Waals surface area (Å²) >= 11 is 0. The number of halogens is 5. The van der Waals surface area contributed by atoms with Gasteiger partial charge in [-0.15, -0.1) is 5.10 Å². The smallest absolute Gasteiger partial charge is 0.217 e. The van der Waals surface area contributed by atoms with Crippen molar-refractivity contribution in [3.8, 4) is 5.69 Å². The molecule has 0 N–H and O–H groups in total. The molecule has 90 valence electrons. The molecule has 0 amide bonds. The summed E-state index contributed by atoms with van der Waals surface area (Å²) in [5, 5.41) is 5.98. The van der Waals surface area contributed by atoms with Gasteiger partial charge in [-0.2, -0.15) is 13.2 Å². The molecule has 0 saturated carbocycles. The van der Waals surface area contributed by atoms with E-state index in [2.05, 4.69) is 10.3 Å².